The van der Waals surface area contributed by atoms with Crippen molar-refractivity contribution in [2.24, 2.45) is 7.05 Å². The summed E-state index contributed by atoms with van der Waals surface area (Å²) in [5.74, 6) is -0.166. The van der Waals surface area contributed by atoms with Crippen LogP contribution < -0.4 is 10.2 Å². The van der Waals surface area contributed by atoms with E-state index in [4.69, 9.17) is 0 Å². The average molecular weight is 405 g/mol. The number of aromatic nitrogens is 3. The van der Waals surface area contributed by atoms with Gasteiger partial charge in [-0.3, -0.25) is 4.68 Å². The van der Waals surface area contributed by atoms with Crippen LogP contribution in [0.2, 0.25) is 0 Å². The van der Waals surface area contributed by atoms with Gasteiger partial charge in [0.2, 0.25) is 0 Å². The average Bonchev–Trinajstić information content (AvgIpc) is 3.01. The van der Waals surface area contributed by atoms with Gasteiger partial charge in [-0.1, -0.05) is 6.07 Å². The molecule has 5 rings (SSSR count). The maximum absolute atomic E-state index is 15.1. The topological polar surface area (TPSA) is 66.2 Å². The maximum atomic E-state index is 15.1. The van der Waals surface area contributed by atoms with Gasteiger partial charge in [-0.2, -0.15) is 5.10 Å². The summed E-state index contributed by atoms with van der Waals surface area (Å²) in [6, 6.07) is 13.2. The van der Waals surface area contributed by atoms with Gasteiger partial charge in [0, 0.05) is 54.7 Å². The predicted molar refractivity (Wildman–Crippen MR) is 117 cm³/mol. The quantitative estimate of drug-likeness (QED) is 0.531. The van der Waals surface area contributed by atoms with Crippen LogP contribution in [-0.4, -0.2) is 45.0 Å². The highest BCUT2D eigenvalue weighted by molar-refractivity contribution is 5.95. The van der Waals surface area contributed by atoms with Crippen molar-refractivity contribution in [2.45, 2.75) is 25.9 Å². The molecule has 0 aliphatic carbocycles. The molecule has 0 amide bonds. The zero-order chi connectivity index (χ0) is 21.0. The normalized spacial score (nSPS) is 19.7. The van der Waals surface area contributed by atoms with Crippen molar-refractivity contribution in [2.75, 3.05) is 18.0 Å². The molecule has 6 nitrogen and oxygen atoms in total. The molecule has 1 fully saturated rings. The Morgan fingerprint density at radius 1 is 1.07 bits per heavy atom. The lowest BCUT2D eigenvalue weighted by atomic mass is 10.1. The van der Waals surface area contributed by atoms with E-state index in [1.54, 1.807) is 22.9 Å². The second-order valence-electron chi connectivity index (χ2n) is 8.24. The minimum atomic E-state index is -0.327. The third kappa shape index (κ3) is 3.15. The summed E-state index contributed by atoms with van der Waals surface area (Å²) >= 11 is 0. The monoisotopic (exact) mass is 405 g/mol. The number of fused-ring (bicyclic) bond motifs is 2. The molecule has 0 unspecified atom stereocenters. The number of rotatable bonds is 2. The molecule has 1 aliphatic heterocycles. The van der Waals surface area contributed by atoms with E-state index in [1.807, 2.05) is 31.3 Å². The van der Waals surface area contributed by atoms with Crippen molar-refractivity contribution >= 4 is 27.5 Å². The largest absolute Gasteiger partial charge is 0.508 e. The fourth-order valence-electron chi connectivity index (χ4n) is 4.52. The summed E-state index contributed by atoms with van der Waals surface area (Å²) in [5.41, 5.74) is 3.35. The summed E-state index contributed by atoms with van der Waals surface area (Å²) in [7, 11) is 1.82. The summed E-state index contributed by atoms with van der Waals surface area (Å²) in [4.78, 5) is 6.86. The molecule has 0 saturated carbocycles. The van der Waals surface area contributed by atoms with Gasteiger partial charge in [0.1, 0.15) is 11.3 Å². The van der Waals surface area contributed by atoms with Crippen LogP contribution in [0.3, 0.4) is 0 Å². The number of phenols is 1. The molecule has 7 heteroatoms. The minimum Gasteiger partial charge on any atom is -0.508 e. The van der Waals surface area contributed by atoms with Crippen LogP contribution in [0.4, 0.5) is 10.1 Å². The number of phenolic OH excluding ortho intramolecular Hbond substituents is 1. The lowest BCUT2D eigenvalue weighted by Gasteiger charge is -2.37. The number of piperazine rings is 1. The second-order valence-corrected chi connectivity index (χ2v) is 8.24. The first-order valence-electron chi connectivity index (χ1n) is 10.2. The van der Waals surface area contributed by atoms with Gasteiger partial charge in [0.05, 0.1) is 16.9 Å². The number of hydrogen-bond acceptors (Lipinski definition) is 5. The lowest BCUT2D eigenvalue weighted by molar-refractivity contribution is 0.407. The summed E-state index contributed by atoms with van der Waals surface area (Å²) < 4.78 is 16.8. The van der Waals surface area contributed by atoms with Crippen molar-refractivity contribution in [3.05, 3.63) is 48.3 Å². The molecule has 0 bridgehead atoms. The van der Waals surface area contributed by atoms with Gasteiger partial charge >= 0.3 is 0 Å². The van der Waals surface area contributed by atoms with Gasteiger partial charge in [0.15, 0.2) is 5.82 Å². The van der Waals surface area contributed by atoms with Crippen LogP contribution in [0.1, 0.15) is 13.8 Å². The molecule has 2 N–H and O–H groups in total. The summed E-state index contributed by atoms with van der Waals surface area (Å²) in [6.07, 6.45) is 0. The van der Waals surface area contributed by atoms with Crippen molar-refractivity contribution in [3.8, 4) is 17.1 Å². The number of nitrogens with zero attached hydrogens (tertiary/aromatic N) is 4. The van der Waals surface area contributed by atoms with E-state index in [2.05, 4.69) is 34.1 Å². The third-order valence-electron chi connectivity index (χ3n) is 5.71. The van der Waals surface area contributed by atoms with Gasteiger partial charge in [-0.25, -0.2) is 9.37 Å². The van der Waals surface area contributed by atoms with Crippen LogP contribution in [0.5, 0.6) is 5.75 Å². The highest BCUT2D eigenvalue weighted by Gasteiger charge is 2.22. The zero-order valence-corrected chi connectivity index (χ0v) is 17.2. The molecule has 4 aromatic rings. The van der Waals surface area contributed by atoms with Crippen molar-refractivity contribution in [1.82, 2.24) is 20.1 Å². The van der Waals surface area contributed by atoms with Crippen molar-refractivity contribution < 1.29 is 9.50 Å². The molecular formula is C23H24FN5O. The molecule has 2 aromatic carbocycles. The number of aryl methyl sites for hydroxylation is 1. The molecular weight excluding hydrogens is 381 g/mol. The molecule has 3 heterocycles. The van der Waals surface area contributed by atoms with Crippen molar-refractivity contribution in [1.29, 1.82) is 0 Å². The van der Waals surface area contributed by atoms with E-state index < -0.39 is 0 Å². The van der Waals surface area contributed by atoms with Gasteiger partial charge in [-0.15, -0.1) is 0 Å². The highest BCUT2D eigenvalue weighted by atomic mass is 19.1. The number of hydrogen-bond donors (Lipinski definition) is 2. The molecule has 1 saturated heterocycles. The third-order valence-corrected chi connectivity index (χ3v) is 5.71. The Bertz CT molecular complexity index is 1260. The SMILES string of the molecule is C[C@@H]1CN(c2cc(F)c3nc(-c4c5ccc(O)cc5nn4C)ccc3c2)C[C@H](C)N1. The Kier molecular flexibility index (Phi) is 4.36. The molecule has 2 atom stereocenters. The van der Waals surface area contributed by atoms with Gasteiger partial charge in [0.25, 0.3) is 0 Å². The molecule has 0 spiro atoms. The Hall–Kier alpha value is -3.19. The molecule has 154 valence electrons. The summed E-state index contributed by atoms with van der Waals surface area (Å²) in [6.45, 7) is 5.97. The van der Waals surface area contributed by atoms with Crippen LogP contribution in [0, 0.1) is 5.82 Å². The van der Waals surface area contributed by atoms with Gasteiger partial charge in [-0.05, 0) is 44.2 Å². The van der Waals surface area contributed by atoms with Gasteiger partial charge < -0.3 is 15.3 Å². The van der Waals surface area contributed by atoms with E-state index in [-0.39, 0.29) is 11.6 Å². The minimum absolute atomic E-state index is 0.161. The number of benzene rings is 2. The van der Waals surface area contributed by atoms with Crippen LogP contribution >= 0.6 is 0 Å². The van der Waals surface area contributed by atoms with Crippen LogP contribution in [0.15, 0.2) is 42.5 Å². The number of aromatic hydroxyl groups is 1. The molecule has 1 aliphatic rings. The summed E-state index contributed by atoms with van der Waals surface area (Å²) in [5, 5.41) is 19.3. The number of halogens is 1. The molecule has 30 heavy (non-hydrogen) atoms. The smallest absolute Gasteiger partial charge is 0.151 e. The van der Waals surface area contributed by atoms with E-state index in [0.29, 0.717) is 28.8 Å². The van der Waals surface area contributed by atoms with Crippen LogP contribution in [-0.2, 0) is 7.05 Å². The Morgan fingerprint density at radius 2 is 1.83 bits per heavy atom. The fourth-order valence-corrected chi connectivity index (χ4v) is 4.52. The number of anilines is 1. The standard InChI is InChI=1S/C23H24FN5O/c1-13-11-29(12-14(2)25-13)16-8-15-4-7-20(26-22(15)19(24)9-16)23-18-6-5-17(30)10-21(18)27-28(23)3/h4-10,13-14,25,30H,11-12H2,1-3H3/t13-,14+. The molecule has 0 radical (unpaired) electrons. The van der Waals surface area contributed by atoms with E-state index in [0.717, 1.165) is 35.2 Å². The van der Waals surface area contributed by atoms with E-state index in [1.165, 1.54) is 0 Å². The first kappa shape index (κ1) is 18.8. The molecule has 2 aromatic heterocycles. The first-order chi connectivity index (χ1) is 14.4. The lowest BCUT2D eigenvalue weighted by Crippen LogP contribution is -2.54. The maximum Gasteiger partial charge on any atom is 0.151 e. The Labute approximate surface area is 173 Å². The number of nitrogens with one attached hydrogen (secondary N) is 1. The number of pyridine rings is 1. The highest BCUT2D eigenvalue weighted by Crippen LogP contribution is 2.32. The fraction of sp³-hybridized carbons (Fsp3) is 0.304. The Balaban J connectivity index is 1.59. The zero-order valence-electron chi connectivity index (χ0n) is 17.2. The predicted octanol–water partition coefficient (Wildman–Crippen LogP) is 3.82. The van der Waals surface area contributed by atoms with E-state index in [9.17, 15) is 5.11 Å². The first-order valence-corrected chi connectivity index (χ1v) is 10.2. The van der Waals surface area contributed by atoms with E-state index >= 15 is 4.39 Å². The van der Waals surface area contributed by atoms with Crippen LogP contribution in [0.25, 0.3) is 33.2 Å². The van der Waals surface area contributed by atoms with Crippen molar-refractivity contribution in [3.63, 3.8) is 0 Å². The second kappa shape index (κ2) is 6.95. The Morgan fingerprint density at radius 3 is 2.60 bits per heavy atom.